The molecule has 0 aromatic carbocycles. The third-order valence-electron chi connectivity index (χ3n) is 4.79. The van der Waals surface area contributed by atoms with E-state index in [9.17, 15) is 9.59 Å². The number of hydrogen-bond acceptors (Lipinski definition) is 5. The standard InChI is InChI=1S/C15H22N4O4/c1-10(12-8-16-18(3)11(12)2)17-13(20)19-6-4-15(5-7-19)9-22-14(21)23-15/h8,10H,4-7,9H2,1-3H3,(H,17,20)/t10-/m1/s1. The number of aryl methyl sites for hydroxylation is 1. The summed E-state index contributed by atoms with van der Waals surface area (Å²) in [5.74, 6) is 0. The molecule has 2 aliphatic heterocycles. The number of amides is 2. The number of hydrogen-bond donors (Lipinski definition) is 1. The van der Waals surface area contributed by atoms with Gasteiger partial charge in [-0.15, -0.1) is 0 Å². The van der Waals surface area contributed by atoms with Gasteiger partial charge in [-0.05, 0) is 13.8 Å². The molecule has 3 rings (SSSR count). The molecule has 2 aliphatic rings. The van der Waals surface area contributed by atoms with Crippen LogP contribution in [0.5, 0.6) is 0 Å². The van der Waals surface area contributed by atoms with E-state index in [0.29, 0.717) is 25.9 Å². The van der Waals surface area contributed by atoms with Crippen molar-refractivity contribution in [2.45, 2.75) is 38.3 Å². The van der Waals surface area contributed by atoms with Gasteiger partial charge in [0.05, 0.1) is 12.2 Å². The Labute approximate surface area is 134 Å². The molecule has 1 N–H and O–H groups in total. The molecule has 1 aromatic heterocycles. The van der Waals surface area contributed by atoms with Crippen LogP contribution in [0.3, 0.4) is 0 Å². The lowest BCUT2D eigenvalue weighted by Gasteiger charge is -2.36. The topological polar surface area (TPSA) is 85.7 Å². The van der Waals surface area contributed by atoms with E-state index < -0.39 is 11.8 Å². The Kier molecular flexibility index (Phi) is 3.91. The first-order chi connectivity index (χ1) is 10.9. The zero-order valence-electron chi connectivity index (χ0n) is 13.7. The highest BCUT2D eigenvalue weighted by Gasteiger charge is 2.45. The highest BCUT2D eigenvalue weighted by molar-refractivity contribution is 5.75. The van der Waals surface area contributed by atoms with Gasteiger partial charge in [0, 0.05) is 44.2 Å². The Balaban J connectivity index is 1.55. The number of likely N-dealkylation sites (tertiary alicyclic amines) is 1. The SMILES string of the molecule is Cc1c([C@@H](C)NC(=O)N2CCC3(CC2)COC(=O)O3)cnn1C. The van der Waals surface area contributed by atoms with Crippen LogP contribution in [0, 0.1) is 6.92 Å². The molecule has 2 saturated heterocycles. The van der Waals surface area contributed by atoms with Crippen LogP contribution in [0.15, 0.2) is 6.20 Å². The Hall–Kier alpha value is -2.25. The van der Waals surface area contributed by atoms with Crippen LogP contribution >= 0.6 is 0 Å². The van der Waals surface area contributed by atoms with Crippen molar-refractivity contribution in [3.05, 3.63) is 17.5 Å². The van der Waals surface area contributed by atoms with Crippen molar-refractivity contribution in [2.75, 3.05) is 19.7 Å². The maximum Gasteiger partial charge on any atom is 0.509 e. The summed E-state index contributed by atoms with van der Waals surface area (Å²) in [6.07, 6.45) is 2.38. The van der Waals surface area contributed by atoms with Crippen LogP contribution in [0.1, 0.15) is 37.1 Å². The van der Waals surface area contributed by atoms with Gasteiger partial charge in [-0.3, -0.25) is 4.68 Å². The van der Waals surface area contributed by atoms with Gasteiger partial charge in [0.2, 0.25) is 0 Å². The van der Waals surface area contributed by atoms with Gasteiger partial charge in [0.25, 0.3) is 0 Å². The minimum atomic E-state index is -0.608. The summed E-state index contributed by atoms with van der Waals surface area (Å²) >= 11 is 0. The second kappa shape index (κ2) is 5.75. The number of carbonyl (C=O) groups excluding carboxylic acids is 2. The number of nitrogens with one attached hydrogen (secondary N) is 1. The molecule has 1 atom stereocenters. The fraction of sp³-hybridized carbons (Fsp3) is 0.667. The van der Waals surface area contributed by atoms with Gasteiger partial charge < -0.3 is 19.7 Å². The van der Waals surface area contributed by atoms with E-state index in [4.69, 9.17) is 9.47 Å². The summed E-state index contributed by atoms with van der Waals surface area (Å²) < 4.78 is 11.9. The minimum Gasteiger partial charge on any atom is -0.430 e. The van der Waals surface area contributed by atoms with Crippen molar-refractivity contribution < 1.29 is 19.1 Å². The normalized spacial score (nSPS) is 21.0. The molecule has 0 unspecified atom stereocenters. The molecule has 2 amide bonds. The van der Waals surface area contributed by atoms with E-state index in [1.807, 2.05) is 20.9 Å². The van der Waals surface area contributed by atoms with Crippen LogP contribution < -0.4 is 5.32 Å². The molecule has 126 valence electrons. The summed E-state index contributed by atoms with van der Waals surface area (Å²) in [5, 5.41) is 7.20. The lowest BCUT2D eigenvalue weighted by molar-refractivity contribution is 0.00917. The average Bonchev–Trinajstić information content (AvgIpc) is 3.04. The van der Waals surface area contributed by atoms with Gasteiger partial charge in [0.1, 0.15) is 6.61 Å². The predicted octanol–water partition coefficient (Wildman–Crippen LogP) is 1.50. The van der Waals surface area contributed by atoms with Crippen LogP contribution in [-0.2, 0) is 16.5 Å². The number of ether oxygens (including phenoxy) is 2. The van der Waals surface area contributed by atoms with Gasteiger partial charge >= 0.3 is 12.2 Å². The fourth-order valence-electron chi connectivity index (χ4n) is 3.08. The largest absolute Gasteiger partial charge is 0.509 e. The Bertz CT molecular complexity index is 619. The quantitative estimate of drug-likeness (QED) is 0.834. The molecular weight excluding hydrogens is 300 g/mol. The van der Waals surface area contributed by atoms with E-state index in [-0.39, 0.29) is 18.7 Å². The Morgan fingerprint density at radius 2 is 2.13 bits per heavy atom. The summed E-state index contributed by atoms with van der Waals surface area (Å²) in [4.78, 5) is 25.3. The molecule has 0 radical (unpaired) electrons. The predicted molar refractivity (Wildman–Crippen MR) is 80.9 cm³/mol. The van der Waals surface area contributed by atoms with Gasteiger partial charge in [-0.1, -0.05) is 0 Å². The summed E-state index contributed by atoms with van der Waals surface area (Å²) in [6, 6.07) is -0.222. The van der Waals surface area contributed by atoms with Gasteiger partial charge in [-0.25, -0.2) is 9.59 Å². The third-order valence-corrected chi connectivity index (χ3v) is 4.79. The van der Waals surface area contributed by atoms with E-state index >= 15 is 0 Å². The van der Waals surface area contributed by atoms with E-state index in [0.717, 1.165) is 11.3 Å². The number of cyclic esters (lactones) is 1. The maximum absolute atomic E-state index is 12.4. The summed E-state index contributed by atoms with van der Waals surface area (Å²) in [7, 11) is 1.88. The lowest BCUT2D eigenvalue weighted by atomic mass is 9.92. The maximum atomic E-state index is 12.4. The van der Waals surface area contributed by atoms with Crippen molar-refractivity contribution >= 4 is 12.2 Å². The highest BCUT2D eigenvalue weighted by Crippen LogP contribution is 2.31. The molecule has 0 aliphatic carbocycles. The molecule has 1 spiro atoms. The first-order valence-electron chi connectivity index (χ1n) is 7.80. The lowest BCUT2D eigenvalue weighted by Crippen LogP contribution is -2.51. The third kappa shape index (κ3) is 2.97. The van der Waals surface area contributed by atoms with Crippen LogP contribution in [0.25, 0.3) is 0 Å². The van der Waals surface area contributed by atoms with Gasteiger partial charge in [-0.2, -0.15) is 5.10 Å². The van der Waals surface area contributed by atoms with Crippen molar-refractivity contribution in [3.63, 3.8) is 0 Å². The molecule has 8 nitrogen and oxygen atoms in total. The van der Waals surface area contributed by atoms with Crippen LogP contribution in [0.4, 0.5) is 9.59 Å². The highest BCUT2D eigenvalue weighted by atomic mass is 16.8. The number of urea groups is 1. The number of rotatable bonds is 2. The monoisotopic (exact) mass is 322 g/mol. The number of nitrogens with zero attached hydrogens (tertiary/aromatic N) is 3. The Morgan fingerprint density at radius 3 is 2.65 bits per heavy atom. The van der Waals surface area contributed by atoms with E-state index in [1.165, 1.54) is 0 Å². The molecular formula is C15H22N4O4. The van der Waals surface area contributed by atoms with Crippen LogP contribution in [-0.4, -0.2) is 52.2 Å². The molecule has 0 bridgehead atoms. The fourth-order valence-corrected chi connectivity index (χ4v) is 3.08. The molecule has 1 aromatic rings. The van der Waals surface area contributed by atoms with Gasteiger partial charge in [0.15, 0.2) is 5.60 Å². The van der Waals surface area contributed by atoms with Crippen molar-refractivity contribution in [3.8, 4) is 0 Å². The summed E-state index contributed by atoms with van der Waals surface area (Å²) in [6.45, 7) is 5.29. The number of carbonyl (C=O) groups is 2. The van der Waals surface area contributed by atoms with E-state index in [1.54, 1.807) is 15.8 Å². The minimum absolute atomic E-state index is 0.110. The average molecular weight is 322 g/mol. The van der Waals surface area contributed by atoms with Crippen molar-refractivity contribution in [1.82, 2.24) is 20.0 Å². The second-order valence-electron chi connectivity index (χ2n) is 6.29. The van der Waals surface area contributed by atoms with Crippen LogP contribution in [0.2, 0.25) is 0 Å². The molecule has 2 fully saturated rings. The number of aromatic nitrogens is 2. The summed E-state index contributed by atoms with van der Waals surface area (Å²) in [5.41, 5.74) is 1.50. The molecule has 3 heterocycles. The first-order valence-corrected chi connectivity index (χ1v) is 7.80. The van der Waals surface area contributed by atoms with Crippen molar-refractivity contribution in [2.24, 2.45) is 7.05 Å². The van der Waals surface area contributed by atoms with Crippen molar-refractivity contribution in [1.29, 1.82) is 0 Å². The molecule has 8 heteroatoms. The molecule has 23 heavy (non-hydrogen) atoms. The zero-order chi connectivity index (χ0) is 16.6. The second-order valence-corrected chi connectivity index (χ2v) is 6.29. The number of piperidine rings is 1. The smallest absolute Gasteiger partial charge is 0.430 e. The van der Waals surface area contributed by atoms with E-state index in [2.05, 4.69) is 10.4 Å². The molecule has 0 saturated carbocycles. The zero-order valence-corrected chi connectivity index (χ0v) is 13.7. The Morgan fingerprint density at radius 1 is 1.43 bits per heavy atom. The first kappa shape index (κ1) is 15.6.